The molecule has 31 heavy (non-hydrogen) atoms. The molecule has 0 spiro atoms. The Morgan fingerprint density at radius 3 is 2.55 bits per heavy atom. The van der Waals surface area contributed by atoms with E-state index in [-0.39, 0.29) is 24.0 Å². The van der Waals surface area contributed by atoms with E-state index in [2.05, 4.69) is 30.9 Å². The SMILES string of the molecule is O=C(Oc1nc(Nc2ccc(O)c(F)c2)nc(NC2CCCCCC2)n1)C1CCCN1. The molecule has 9 nitrogen and oxygen atoms in total. The number of carbonyl (C=O) groups is 1. The largest absolute Gasteiger partial charge is 0.505 e. The van der Waals surface area contributed by atoms with E-state index in [4.69, 9.17) is 4.74 Å². The van der Waals surface area contributed by atoms with Gasteiger partial charge >= 0.3 is 12.0 Å². The Morgan fingerprint density at radius 2 is 1.84 bits per heavy atom. The molecule has 1 aliphatic carbocycles. The smallest absolute Gasteiger partial charge is 0.330 e. The molecule has 1 saturated heterocycles. The lowest BCUT2D eigenvalue weighted by Crippen LogP contribution is -2.34. The summed E-state index contributed by atoms with van der Waals surface area (Å²) in [5.41, 5.74) is 0.344. The van der Waals surface area contributed by atoms with Gasteiger partial charge in [-0.25, -0.2) is 9.18 Å². The third kappa shape index (κ3) is 5.78. The van der Waals surface area contributed by atoms with Gasteiger partial charge in [0.1, 0.15) is 6.04 Å². The first-order chi connectivity index (χ1) is 15.1. The summed E-state index contributed by atoms with van der Waals surface area (Å²) in [6.07, 6.45) is 8.33. The van der Waals surface area contributed by atoms with Crippen LogP contribution in [0, 0.1) is 5.82 Å². The summed E-state index contributed by atoms with van der Waals surface area (Å²) >= 11 is 0. The molecule has 4 rings (SSSR count). The fourth-order valence-electron chi connectivity index (χ4n) is 3.89. The highest BCUT2D eigenvalue weighted by Crippen LogP contribution is 2.24. The summed E-state index contributed by atoms with van der Waals surface area (Å²) in [7, 11) is 0. The molecule has 1 atom stereocenters. The van der Waals surface area contributed by atoms with Gasteiger partial charge in [0.15, 0.2) is 11.6 Å². The third-order valence-corrected chi connectivity index (χ3v) is 5.54. The van der Waals surface area contributed by atoms with E-state index < -0.39 is 17.5 Å². The van der Waals surface area contributed by atoms with Gasteiger partial charge in [0.05, 0.1) is 0 Å². The number of esters is 1. The molecule has 0 amide bonds. The van der Waals surface area contributed by atoms with Gasteiger partial charge in [-0.05, 0) is 44.4 Å². The molecule has 4 N–H and O–H groups in total. The second-order valence-electron chi connectivity index (χ2n) is 7.96. The molecule has 166 valence electrons. The molecule has 2 fully saturated rings. The Kier molecular flexibility index (Phi) is 6.76. The third-order valence-electron chi connectivity index (χ3n) is 5.54. The number of phenolic OH excluding ortho intramolecular Hbond substituents is 1. The minimum Gasteiger partial charge on any atom is -0.505 e. The zero-order valence-electron chi connectivity index (χ0n) is 17.2. The van der Waals surface area contributed by atoms with Crippen molar-refractivity contribution in [1.29, 1.82) is 0 Å². The highest BCUT2D eigenvalue weighted by atomic mass is 19.1. The lowest BCUT2D eigenvalue weighted by Gasteiger charge is -2.17. The first kappa shape index (κ1) is 21.2. The number of halogens is 1. The summed E-state index contributed by atoms with van der Waals surface area (Å²) in [5, 5.41) is 18.7. The van der Waals surface area contributed by atoms with Crippen molar-refractivity contribution in [2.75, 3.05) is 17.2 Å². The number of aromatic hydroxyl groups is 1. The van der Waals surface area contributed by atoms with Crippen LogP contribution in [0.15, 0.2) is 18.2 Å². The molecular weight excluding hydrogens is 403 g/mol. The van der Waals surface area contributed by atoms with Crippen LogP contribution < -0.4 is 20.7 Å². The van der Waals surface area contributed by atoms with E-state index in [9.17, 15) is 14.3 Å². The highest BCUT2D eigenvalue weighted by molar-refractivity contribution is 5.78. The molecule has 1 saturated carbocycles. The first-order valence-corrected chi connectivity index (χ1v) is 10.8. The van der Waals surface area contributed by atoms with Gasteiger partial charge < -0.3 is 25.8 Å². The predicted octanol–water partition coefficient (Wildman–Crippen LogP) is 3.25. The van der Waals surface area contributed by atoms with Gasteiger partial charge in [-0.3, -0.25) is 0 Å². The van der Waals surface area contributed by atoms with E-state index in [1.54, 1.807) is 0 Å². The van der Waals surface area contributed by atoms with Crippen LogP contribution in [-0.2, 0) is 4.79 Å². The van der Waals surface area contributed by atoms with Gasteiger partial charge in [0, 0.05) is 17.8 Å². The van der Waals surface area contributed by atoms with Crippen molar-refractivity contribution in [3.63, 3.8) is 0 Å². The normalized spacial score (nSPS) is 19.6. The number of hydrogen-bond acceptors (Lipinski definition) is 9. The molecule has 1 aliphatic heterocycles. The van der Waals surface area contributed by atoms with Crippen molar-refractivity contribution in [2.24, 2.45) is 0 Å². The van der Waals surface area contributed by atoms with Crippen molar-refractivity contribution < 1.29 is 19.0 Å². The minimum absolute atomic E-state index is 0.110. The molecule has 2 aromatic rings. The summed E-state index contributed by atoms with van der Waals surface area (Å²) in [4.78, 5) is 25.2. The van der Waals surface area contributed by atoms with Crippen LogP contribution in [0.2, 0.25) is 0 Å². The average molecular weight is 430 g/mol. The Balaban J connectivity index is 1.55. The van der Waals surface area contributed by atoms with Crippen LogP contribution in [-0.4, -0.2) is 44.7 Å². The number of aromatic nitrogens is 3. The Labute approximate surface area is 179 Å². The van der Waals surface area contributed by atoms with Crippen LogP contribution in [0.4, 0.5) is 22.0 Å². The van der Waals surface area contributed by atoms with Crippen LogP contribution in [0.1, 0.15) is 51.4 Å². The standard InChI is InChI=1S/C21H27FN6O3/c22-15-12-14(9-10-17(15)29)25-20-26-19(24-13-6-3-1-2-4-7-13)27-21(28-20)31-18(30)16-8-5-11-23-16/h9-10,12-13,16,23,29H,1-8,11H2,(H2,24,25,26,27,28). The fraction of sp³-hybridized carbons (Fsp3) is 0.524. The summed E-state index contributed by atoms with van der Waals surface area (Å²) in [6, 6.07) is 3.59. The van der Waals surface area contributed by atoms with Gasteiger partial charge in [-0.15, -0.1) is 0 Å². The Bertz CT molecular complexity index is 914. The molecule has 2 heterocycles. The first-order valence-electron chi connectivity index (χ1n) is 10.8. The van der Waals surface area contributed by atoms with Crippen molar-refractivity contribution >= 4 is 23.6 Å². The molecule has 1 unspecified atom stereocenters. The second kappa shape index (κ2) is 9.86. The van der Waals surface area contributed by atoms with E-state index >= 15 is 0 Å². The zero-order chi connectivity index (χ0) is 21.6. The summed E-state index contributed by atoms with van der Waals surface area (Å²) in [5.74, 6) is -1.25. The van der Waals surface area contributed by atoms with E-state index in [1.807, 2.05) is 0 Å². The van der Waals surface area contributed by atoms with Crippen molar-refractivity contribution in [3.05, 3.63) is 24.0 Å². The van der Waals surface area contributed by atoms with E-state index in [1.165, 1.54) is 25.0 Å². The molecule has 0 bridgehead atoms. The maximum absolute atomic E-state index is 13.7. The number of anilines is 3. The lowest BCUT2D eigenvalue weighted by atomic mass is 10.1. The average Bonchev–Trinajstić information content (AvgIpc) is 3.17. The predicted molar refractivity (Wildman–Crippen MR) is 113 cm³/mol. The molecule has 1 aromatic carbocycles. The monoisotopic (exact) mass is 430 g/mol. The molecular formula is C21H27FN6O3. The van der Waals surface area contributed by atoms with Crippen molar-refractivity contribution in [1.82, 2.24) is 20.3 Å². The van der Waals surface area contributed by atoms with Crippen LogP contribution in [0.3, 0.4) is 0 Å². The van der Waals surface area contributed by atoms with Crippen LogP contribution >= 0.6 is 0 Å². The quantitative estimate of drug-likeness (QED) is 0.311. The molecule has 10 heteroatoms. The Hall–Kier alpha value is -3.01. The number of nitrogens with zero attached hydrogens (tertiary/aromatic N) is 3. The highest BCUT2D eigenvalue weighted by Gasteiger charge is 2.25. The van der Waals surface area contributed by atoms with Gasteiger partial charge in [0.2, 0.25) is 11.9 Å². The minimum atomic E-state index is -0.769. The number of nitrogens with one attached hydrogen (secondary N) is 3. The summed E-state index contributed by atoms with van der Waals surface area (Å²) < 4.78 is 19.1. The number of benzene rings is 1. The maximum Gasteiger partial charge on any atom is 0.330 e. The topological polar surface area (TPSA) is 121 Å². The number of ether oxygens (including phenoxy) is 1. The zero-order valence-corrected chi connectivity index (χ0v) is 17.2. The number of phenols is 1. The molecule has 1 aromatic heterocycles. The van der Waals surface area contributed by atoms with E-state index in [0.717, 1.165) is 44.7 Å². The van der Waals surface area contributed by atoms with Crippen molar-refractivity contribution in [3.8, 4) is 11.8 Å². The van der Waals surface area contributed by atoms with Crippen LogP contribution in [0.5, 0.6) is 11.8 Å². The molecule has 2 aliphatic rings. The maximum atomic E-state index is 13.7. The summed E-state index contributed by atoms with van der Waals surface area (Å²) in [6.45, 7) is 0.769. The van der Waals surface area contributed by atoms with Gasteiger partial charge in [0.25, 0.3) is 0 Å². The second-order valence-corrected chi connectivity index (χ2v) is 7.96. The van der Waals surface area contributed by atoms with Crippen molar-refractivity contribution in [2.45, 2.75) is 63.5 Å². The number of rotatable bonds is 6. The Morgan fingerprint density at radius 1 is 1.06 bits per heavy atom. The number of carbonyl (C=O) groups excluding carboxylic acids is 1. The van der Waals surface area contributed by atoms with Gasteiger partial charge in [-0.2, -0.15) is 15.0 Å². The lowest BCUT2D eigenvalue weighted by molar-refractivity contribution is -0.136. The molecule has 0 radical (unpaired) electrons. The fourth-order valence-corrected chi connectivity index (χ4v) is 3.89. The van der Waals surface area contributed by atoms with E-state index in [0.29, 0.717) is 18.1 Å². The van der Waals surface area contributed by atoms with Crippen LogP contribution in [0.25, 0.3) is 0 Å². The van der Waals surface area contributed by atoms with Gasteiger partial charge in [-0.1, -0.05) is 25.7 Å². The number of hydrogen-bond donors (Lipinski definition) is 4.